The Bertz CT molecular complexity index is 281. The molecular weight excluding hydrogens is 247 g/mol. The van der Waals surface area contributed by atoms with Crippen LogP contribution in [0.25, 0.3) is 0 Å². The van der Waals surface area contributed by atoms with Gasteiger partial charge in [0.25, 0.3) is 0 Å². The molecule has 2 aromatic rings. The van der Waals surface area contributed by atoms with Gasteiger partial charge in [-0.1, -0.05) is 5.69 Å². The van der Waals surface area contributed by atoms with E-state index in [0.717, 1.165) is 5.69 Å². The number of benzene rings is 2. The molecule has 2 rings (SSSR count). The van der Waals surface area contributed by atoms with E-state index >= 15 is 0 Å². The molecule has 69 valence electrons. The normalized spacial score (nSPS) is 7.71. The van der Waals surface area contributed by atoms with Gasteiger partial charge in [0, 0.05) is 32.7 Å². The van der Waals surface area contributed by atoms with E-state index < -0.39 is 0 Å². The van der Waals surface area contributed by atoms with E-state index in [1.54, 1.807) is 6.07 Å². The Morgan fingerprint density at radius 3 is 1.71 bits per heavy atom. The number of nitrogen functional groups attached to an aromatic ring is 1. The van der Waals surface area contributed by atoms with Crippen molar-refractivity contribution in [3.63, 3.8) is 0 Å². The second-order valence-electron chi connectivity index (χ2n) is 2.41. The Labute approximate surface area is 110 Å². The molecule has 1 radical (unpaired) electrons. The average molecular weight is 258 g/mol. The molecule has 2 heteroatoms. The first-order valence-corrected chi connectivity index (χ1v) is 4.02. The summed E-state index contributed by atoms with van der Waals surface area (Å²) in [6.45, 7) is 0. The fourth-order valence-corrected chi connectivity index (χ4v) is 0.749. The Kier molecular flexibility index (Phi) is 8.50. The third kappa shape index (κ3) is 6.82. The number of hydrogen-bond donors (Lipinski definition) is 1. The van der Waals surface area contributed by atoms with E-state index in [-0.39, 0.29) is 32.7 Å². The topological polar surface area (TPSA) is 26.0 Å². The van der Waals surface area contributed by atoms with Crippen LogP contribution in [0.3, 0.4) is 0 Å². The number of anilines is 1. The summed E-state index contributed by atoms with van der Waals surface area (Å²) in [4.78, 5) is 0. The Hall–Kier alpha value is -0.656. The van der Waals surface area contributed by atoms with Crippen molar-refractivity contribution in [3.05, 3.63) is 66.7 Å². The van der Waals surface area contributed by atoms with E-state index in [1.807, 2.05) is 48.5 Å². The molecule has 0 heterocycles. The molecule has 0 unspecified atom stereocenters. The summed E-state index contributed by atoms with van der Waals surface area (Å²) in [6.07, 6.45) is 0. The van der Waals surface area contributed by atoms with Crippen LogP contribution in [-0.4, -0.2) is 0 Å². The zero-order valence-electron chi connectivity index (χ0n) is 7.85. The fraction of sp³-hybridized carbons (Fsp3) is 0. The molecule has 2 N–H and O–H groups in total. The van der Waals surface area contributed by atoms with Crippen molar-refractivity contribution >= 4 is 5.69 Å². The molecule has 0 aliphatic carbocycles. The summed E-state index contributed by atoms with van der Waals surface area (Å²) in [6, 6.07) is 22.6. The van der Waals surface area contributed by atoms with Gasteiger partial charge in [-0.25, -0.2) is 0 Å². The minimum absolute atomic E-state index is 0. The second-order valence-corrected chi connectivity index (χ2v) is 2.41. The van der Waals surface area contributed by atoms with Gasteiger partial charge >= 0.3 is 0 Å². The van der Waals surface area contributed by atoms with Gasteiger partial charge in [0.2, 0.25) is 0 Å². The summed E-state index contributed by atoms with van der Waals surface area (Å²) in [5.74, 6) is 0. The maximum absolute atomic E-state index is 5.33. The third-order valence-corrected chi connectivity index (χ3v) is 1.34. The quantitative estimate of drug-likeness (QED) is 0.570. The molecule has 0 aliphatic rings. The zero-order valence-corrected chi connectivity index (χ0v) is 10.7. The zero-order chi connectivity index (χ0) is 9.36. The molecule has 0 fully saturated rings. The molecule has 0 bridgehead atoms. The van der Waals surface area contributed by atoms with Gasteiger partial charge in [-0.05, 0) is 0 Å². The minimum Gasteiger partial charge on any atom is -0.449 e. The molecule has 1 nitrogen and oxygen atoms in total. The Balaban J connectivity index is 0.000000227. The smallest absolute Gasteiger partial charge is 0 e. The Morgan fingerprint density at radius 1 is 0.857 bits per heavy atom. The summed E-state index contributed by atoms with van der Waals surface area (Å²) >= 11 is 0. The van der Waals surface area contributed by atoms with Gasteiger partial charge in [0.1, 0.15) is 0 Å². The van der Waals surface area contributed by atoms with Gasteiger partial charge in [-0.3, -0.25) is 0 Å². The van der Waals surface area contributed by atoms with Crippen LogP contribution in [0.4, 0.5) is 5.69 Å². The van der Waals surface area contributed by atoms with Gasteiger partial charge in [0.15, 0.2) is 0 Å². The maximum Gasteiger partial charge on any atom is 0 e. The van der Waals surface area contributed by atoms with Crippen molar-refractivity contribution in [2.75, 3.05) is 5.73 Å². The molecular formula is C12H11NY-2. The predicted octanol–water partition coefficient (Wildman–Crippen LogP) is 2.55. The van der Waals surface area contributed by atoms with Crippen LogP contribution in [-0.2, 0) is 32.7 Å². The SMILES string of the molecule is Nc1c[c-]ccc1.[Y].[c-]1ccccc1. The molecule has 0 amide bonds. The third-order valence-electron chi connectivity index (χ3n) is 1.34. The number of nitrogens with two attached hydrogens (primary N) is 1. The van der Waals surface area contributed by atoms with Crippen molar-refractivity contribution in [2.24, 2.45) is 0 Å². The molecule has 2 aromatic carbocycles. The molecule has 0 atom stereocenters. The average Bonchev–Trinajstić information content (AvgIpc) is 2.22. The predicted molar refractivity (Wildman–Crippen MR) is 55.0 cm³/mol. The largest absolute Gasteiger partial charge is 0.449 e. The molecule has 0 saturated carbocycles. The van der Waals surface area contributed by atoms with Gasteiger partial charge in [-0.2, -0.15) is 66.7 Å². The van der Waals surface area contributed by atoms with Crippen LogP contribution < -0.4 is 5.73 Å². The van der Waals surface area contributed by atoms with Crippen LogP contribution in [0.15, 0.2) is 54.6 Å². The van der Waals surface area contributed by atoms with Crippen molar-refractivity contribution in [1.82, 2.24) is 0 Å². The summed E-state index contributed by atoms with van der Waals surface area (Å²) in [5, 5.41) is 0. The van der Waals surface area contributed by atoms with E-state index in [0.29, 0.717) is 0 Å². The number of hydrogen-bond acceptors (Lipinski definition) is 1. The maximum atomic E-state index is 5.33. The first kappa shape index (κ1) is 13.3. The van der Waals surface area contributed by atoms with Gasteiger partial charge < -0.3 is 5.73 Å². The van der Waals surface area contributed by atoms with E-state index in [2.05, 4.69) is 12.1 Å². The minimum atomic E-state index is 0. The van der Waals surface area contributed by atoms with E-state index in [1.165, 1.54) is 0 Å². The fourth-order valence-electron chi connectivity index (χ4n) is 0.749. The monoisotopic (exact) mass is 258 g/mol. The van der Waals surface area contributed by atoms with Crippen LogP contribution >= 0.6 is 0 Å². The Morgan fingerprint density at radius 2 is 1.50 bits per heavy atom. The van der Waals surface area contributed by atoms with Crippen LogP contribution in [0.5, 0.6) is 0 Å². The summed E-state index contributed by atoms with van der Waals surface area (Å²) < 4.78 is 0. The van der Waals surface area contributed by atoms with Crippen LogP contribution in [0.1, 0.15) is 0 Å². The molecule has 0 spiro atoms. The second kappa shape index (κ2) is 8.92. The van der Waals surface area contributed by atoms with Gasteiger partial charge in [0.05, 0.1) is 0 Å². The molecule has 0 saturated heterocycles. The molecule has 0 aliphatic heterocycles. The summed E-state index contributed by atoms with van der Waals surface area (Å²) in [5.41, 5.74) is 6.09. The van der Waals surface area contributed by atoms with Crippen LogP contribution in [0, 0.1) is 12.1 Å². The first-order valence-electron chi connectivity index (χ1n) is 4.02. The van der Waals surface area contributed by atoms with Gasteiger partial charge in [-0.15, -0.1) is 0 Å². The summed E-state index contributed by atoms with van der Waals surface area (Å²) in [7, 11) is 0. The van der Waals surface area contributed by atoms with E-state index in [4.69, 9.17) is 5.73 Å². The first-order chi connectivity index (χ1) is 6.39. The van der Waals surface area contributed by atoms with Crippen molar-refractivity contribution < 1.29 is 32.7 Å². The number of rotatable bonds is 0. The standard InChI is InChI=1S/C6H6N.C6H5.Y/c7-6-4-2-1-3-5-6;1-2-4-6-5-3-1;/h1-2,4-5H,7H2;1-5H;/q2*-1;. The molecule has 14 heavy (non-hydrogen) atoms. The van der Waals surface area contributed by atoms with Crippen LogP contribution in [0.2, 0.25) is 0 Å². The van der Waals surface area contributed by atoms with Crippen molar-refractivity contribution in [2.45, 2.75) is 0 Å². The van der Waals surface area contributed by atoms with Crippen molar-refractivity contribution in [3.8, 4) is 0 Å². The van der Waals surface area contributed by atoms with Crippen molar-refractivity contribution in [1.29, 1.82) is 0 Å². The van der Waals surface area contributed by atoms with E-state index in [9.17, 15) is 0 Å². The molecule has 0 aromatic heterocycles.